The van der Waals surface area contributed by atoms with E-state index in [4.69, 9.17) is 9.47 Å². The standard InChI is InChI=1S/C19H21NO4/c1-3-9-23-18(22)15-14-7-8-19(24-14)11-20(17(21)16(15)19)13-6-4-5-12(2)10-13/h4-8,10,14-16H,3,9,11H2,1-2H3/t14-,15+,16+,19-/m1/s1. The summed E-state index contributed by atoms with van der Waals surface area (Å²) in [6.45, 7) is 4.77. The maximum atomic E-state index is 13.1. The Morgan fingerprint density at radius 3 is 3.04 bits per heavy atom. The zero-order valence-electron chi connectivity index (χ0n) is 13.9. The van der Waals surface area contributed by atoms with E-state index in [1.54, 1.807) is 4.90 Å². The average Bonchev–Trinajstić information content (AvgIpc) is 3.21. The highest BCUT2D eigenvalue weighted by atomic mass is 16.6. The van der Waals surface area contributed by atoms with E-state index in [-0.39, 0.29) is 18.0 Å². The first-order valence-corrected chi connectivity index (χ1v) is 8.47. The van der Waals surface area contributed by atoms with Gasteiger partial charge < -0.3 is 14.4 Å². The lowest BCUT2D eigenvalue weighted by atomic mass is 9.77. The summed E-state index contributed by atoms with van der Waals surface area (Å²) < 4.78 is 11.4. The number of ether oxygens (including phenoxy) is 2. The Labute approximate surface area is 141 Å². The Morgan fingerprint density at radius 2 is 2.29 bits per heavy atom. The van der Waals surface area contributed by atoms with Crippen LogP contribution in [0, 0.1) is 18.8 Å². The first-order chi connectivity index (χ1) is 11.6. The Morgan fingerprint density at radius 1 is 1.46 bits per heavy atom. The normalized spacial score (nSPS) is 33.2. The molecule has 2 fully saturated rings. The molecule has 2 saturated heterocycles. The van der Waals surface area contributed by atoms with Gasteiger partial charge in [0.05, 0.1) is 25.2 Å². The second-order valence-electron chi connectivity index (χ2n) is 6.83. The smallest absolute Gasteiger partial charge is 0.312 e. The van der Waals surface area contributed by atoms with Gasteiger partial charge >= 0.3 is 5.97 Å². The van der Waals surface area contributed by atoms with Crippen LogP contribution in [0.1, 0.15) is 18.9 Å². The zero-order valence-corrected chi connectivity index (χ0v) is 13.9. The molecule has 126 valence electrons. The van der Waals surface area contributed by atoms with Crippen LogP contribution in [0.25, 0.3) is 0 Å². The van der Waals surface area contributed by atoms with Gasteiger partial charge in [-0.3, -0.25) is 9.59 Å². The molecule has 4 atom stereocenters. The Kier molecular flexibility index (Phi) is 3.49. The highest BCUT2D eigenvalue weighted by Gasteiger charge is 2.67. The van der Waals surface area contributed by atoms with Crippen molar-refractivity contribution in [3.8, 4) is 0 Å². The van der Waals surface area contributed by atoms with E-state index in [1.165, 1.54) is 0 Å². The topological polar surface area (TPSA) is 55.8 Å². The average molecular weight is 327 g/mol. The molecule has 24 heavy (non-hydrogen) atoms. The highest BCUT2D eigenvalue weighted by molar-refractivity contribution is 6.02. The number of amides is 1. The lowest BCUT2D eigenvalue weighted by molar-refractivity contribution is -0.152. The number of benzene rings is 1. The van der Waals surface area contributed by atoms with Gasteiger partial charge in [0.1, 0.15) is 11.5 Å². The summed E-state index contributed by atoms with van der Waals surface area (Å²) in [6.07, 6.45) is 4.28. The molecule has 3 heterocycles. The van der Waals surface area contributed by atoms with Crippen molar-refractivity contribution in [2.45, 2.75) is 32.0 Å². The van der Waals surface area contributed by atoms with Crippen molar-refractivity contribution in [3.05, 3.63) is 42.0 Å². The second kappa shape index (κ2) is 5.45. The summed E-state index contributed by atoms with van der Waals surface area (Å²) in [4.78, 5) is 27.3. The van der Waals surface area contributed by atoms with Crippen LogP contribution in [0.15, 0.2) is 36.4 Å². The van der Waals surface area contributed by atoms with Crippen LogP contribution in [-0.4, -0.2) is 36.7 Å². The molecule has 0 N–H and O–H groups in total. The quantitative estimate of drug-likeness (QED) is 0.629. The number of hydrogen-bond donors (Lipinski definition) is 0. The SMILES string of the molecule is CCCOC(=O)[C@@H]1[C@H]2C(=O)N(c3cccc(C)c3)C[C@]23C=C[C@H]1O3. The van der Waals surface area contributed by atoms with Crippen LogP contribution < -0.4 is 4.90 Å². The maximum Gasteiger partial charge on any atom is 0.312 e. The first kappa shape index (κ1) is 15.4. The van der Waals surface area contributed by atoms with Gasteiger partial charge in [-0.05, 0) is 31.0 Å². The van der Waals surface area contributed by atoms with Gasteiger partial charge in [-0.2, -0.15) is 0 Å². The van der Waals surface area contributed by atoms with Crippen molar-refractivity contribution in [2.24, 2.45) is 11.8 Å². The minimum atomic E-state index is -0.693. The van der Waals surface area contributed by atoms with Crippen LogP contribution in [-0.2, 0) is 19.1 Å². The molecule has 1 aromatic carbocycles. The molecule has 3 aliphatic heterocycles. The van der Waals surface area contributed by atoms with Crippen molar-refractivity contribution in [1.29, 1.82) is 0 Å². The molecule has 5 heteroatoms. The van der Waals surface area contributed by atoms with Gasteiger partial charge in [0.2, 0.25) is 5.91 Å². The van der Waals surface area contributed by atoms with Crippen molar-refractivity contribution in [3.63, 3.8) is 0 Å². The number of aryl methyl sites for hydroxylation is 1. The molecule has 3 aliphatic rings. The molecule has 1 aromatic rings. The largest absolute Gasteiger partial charge is 0.465 e. The third-order valence-corrected chi connectivity index (χ3v) is 5.13. The minimum Gasteiger partial charge on any atom is -0.465 e. The Bertz CT molecular complexity index is 728. The summed E-state index contributed by atoms with van der Waals surface area (Å²) in [5.41, 5.74) is 1.25. The zero-order chi connectivity index (χ0) is 16.9. The molecule has 4 rings (SSSR count). The Balaban J connectivity index is 1.65. The summed E-state index contributed by atoms with van der Waals surface area (Å²) in [5.74, 6) is -1.40. The van der Waals surface area contributed by atoms with Crippen molar-refractivity contribution in [2.75, 3.05) is 18.1 Å². The van der Waals surface area contributed by atoms with Crippen LogP contribution in [0.4, 0.5) is 5.69 Å². The third-order valence-electron chi connectivity index (χ3n) is 5.13. The lowest BCUT2D eigenvalue weighted by Crippen LogP contribution is -2.40. The minimum absolute atomic E-state index is 0.0501. The number of carbonyl (C=O) groups excluding carboxylic acids is 2. The van der Waals surface area contributed by atoms with E-state index >= 15 is 0 Å². The molecule has 0 radical (unpaired) electrons. The van der Waals surface area contributed by atoms with E-state index in [0.29, 0.717) is 13.2 Å². The molecule has 0 unspecified atom stereocenters. The van der Waals surface area contributed by atoms with E-state index in [0.717, 1.165) is 17.7 Å². The molecule has 0 saturated carbocycles. The van der Waals surface area contributed by atoms with Crippen LogP contribution in [0.5, 0.6) is 0 Å². The molecule has 5 nitrogen and oxygen atoms in total. The fourth-order valence-corrected chi connectivity index (χ4v) is 4.08. The summed E-state index contributed by atoms with van der Waals surface area (Å²) in [7, 11) is 0. The number of rotatable bonds is 4. The van der Waals surface area contributed by atoms with Crippen LogP contribution in [0.3, 0.4) is 0 Å². The van der Waals surface area contributed by atoms with Crippen molar-refractivity contribution >= 4 is 17.6 Å². The first-order valence-electron chi connectivity index (χ1n) is 8.47. The van der Waals surface area contributed by atoms with E-state index in [9.17, 15) is 9.59 Å². The van der Waals surface area contributed by atoms with Gasteiger partial charge in [-0.1, -0.05) is 31.2 Å². The number of carbonyl (C=O) groups is 2. The van der Waals surface area contributed by atoms with Crippen LogP contribution >= 0.6 is 0 Å². The second-order valence-corrected chi connectivity index (χ2v) is 6.83. The van der Waals surface area contributed by atoms with Gasteiger partial charge in [0.25, 0.3) is 0 Å². The lowest BCUT2D eigenvalue weighted by Gasteiger charge is -2.22. The van der Waals surface area contributed by atoms with Gasteiger partial charge in [0, 0.05) is 5.69 Å². The number of esters is 1. The number of hydrogen-bond acceptors (Lipinski definition) is 4. The molecule has 1 spiro atoms. The summed E-state index contributed by atoms with van der Waals surface area (Å²) >= 11 is 0. The van der Waals surface area contributed by atoms with E-state index < -0.39 is 17.4 Å². The van der Waals surface area contributed by atoms with Crippen LogP contribution in [0.2, 0.25) is 0 Å². The van der Waals surface area contributed by atoms with Crippen molar-refractivity contribution in [1.82, 2.24) is 0 Å². The molecular formula is C19H21NO4. The molecule has 1 amide bonds. The fourth-order valence-electron chi connectivity index (χ4n) is 4.08. The highest BCUT2D eigenvalue weighted by Crippen LogP contribution is 2.52. The van der Waals surface area contributed by atoms with Gasteiger partial charge in [-0.25, -0.2) is 0 Å². The molecule has 0 aliphatic carbocycles. The number of fused-ring (bicyclic) bond motifs is 1. The molecule has 2 bridgehead atoms. The number of anilines is 1. The fraction of sp³-hybridized carbons (Fsp3) is 0.474. The maximum absolute atomic E-state index is 13.1. The Hall–Kier alpha value is -2.14. The van der Waals surface area contributed by atoms with Crippen molar-refractivity contribution < 1.29 is 19.1 Å². The monoisotopic (exact) mass is 327 g/mol. The predicted octanol–water partition coefficient (Wildman–Crippen LogP) is 2.23. The third kappa shape index (κ3) is 2.11. The van der Waals surface area contributed by atoms with E-state index in [2.05, 4.69) is 0 Å². The summed E-state index contributed by atoms with van der Waals surface area (Å²) in [5, 5.41) is 0. The molecular weight excluding hydrogens is 306 g/mol. The predicted molar refractivity (Wildman–Crippen MR) is 88.5 cm³/mol. The van der Waals surface area contributed by atoms with E-state index in [1.807, 2.05) is 50.3 Å². The van der Waals surface area contributed by atoms with Gasteiger partial charge in [-0.15, -0.1) is 0 Å². The van der Waals surface area contributed by atoms with Gasteiger partial charge in [0.15, 0.2) is 0 Å². The molecule has 0 aromatic heterocycles. The summed E-state index contributed by atoms with van der Waals surface area (Å²) in [6, 6.07) is 7.83. The number of nitrogens with zero attached hydrogens (tertiary/aromatic N) is 1.